The van der Waals surface area contributed by atoms with Gasteiger partial charge in [-0.05, 0) is 328 Å². The van der Waals surface area contributed by atoms with Gasteiger partial charge in [-0.2, -0.15) is 0 Å². The summed E-state index contributed by atoms with van der Waals surface area (Å²) in [7, 11) is 0. The molecule has 0 saturated heterocycles. The van der Waals surface area contributed by atoms with Gasteiger partial charge in [-0.15, -0.1) is 0 Å². The first-order valence-electron chi connectivity index (χ1n) is 54.6. The lowest BCUT2D eigenvalue weighted by atomic mass is 9.59. The minimum atomic E-state index is 0.124. The van der Waals surface area contributed by atoms with E-state index < -0.39 is 0 Å². The first-order chi connectivity index (χ1) is 72.3. The van der Waals surface area contributed by atoms with Crippen LogP contribution in [0.2, 0.25) is 0 Å². The second-order valence-electron chi connectivity index (χ2n) is 46.8. The summed E-state index contributed by atoms with van der Waals surface area (Å²) in [6.45, 7) is 43.3. The zero-order chi connectivity index (χ0) is 104. The molecular formula is C143H141N7. The van der Waals surface area contributed by atoms with E-state index in [9.17, 15) is 0 Å². The van der Waals surface area contributed by atoms with Crippen molar-refractivity contribution in [1.82, 2.24) is 34.9 Å². The Morgan fingerprint density at radius 3 is 1.09 bits per heavy atom. The average molecular weight is 1960 g/mol. The fraction of sp³-hybridized carbons (Fsp3) is 0.266. The molecule has 150 heavy (non-hydrogen) atoms. The Kier molecular flexibility index (Phi) is 27.9. The fourth-order valence-electron chi connectivity index (χ4n) is 26.2. The van der Waals surface area contributed by atoms with E-state index in [1.807, 2.05) is 18.2 Å². The molecule has 0 radical (unpaired) electrons. The van der Waals surface area contributed by atoms with Gasteiger partial charge in [-0.1, -0.05) is 377 Å². The molecule has 2 fully saturated rings. The molecule has 0 N–H and O–H groups in total. The van der Waals surface area contributed by atoms with Crippen LogP contribution in [0.15, 0.2) is 370 Å². The van der Waals surface area contributed by atoms with Crippen LogP contribution in [0.4, 0.5) is 0 Å². The molecule has 7 aromatic heterocycles. The molecule has 7 heterocycles. The van der Waals surface area contributed by atoms with Gasteiger partial charge >= 0.3 is 0 Å². The van der Waals surface area contributed by atoms with Gasteiger partial charge in [0.1, 0.15) is 0 Å². The summed E-state index contributed by atoms with van der Waals surface area (Å²) in [6.07, 6.45) is 11.7. The maximum absolute atomic E-state index is 5.08. The van der Waals surface area contributed by atoms with E-state index in [1.54, 1.807) is 22.3 Å². The van der Waals surface area contributed by atoms with Crippen LogP contribution in [0.5, 0.6) is 0 Å². The predicted octanol–water partition coefficient (Wildman–Crippen LogP) is 38.3. The topological polar surface area (TPSA) is 90.2 Å². The van der Waals surface area contributed by atoms with Crippen molar-refractivity contribution in [2.24, 2.45) is 11.3 Å². The number of benzene rings is 14. The number of pyridine rings is 7. The molecule has 2 unspecified atom stereocenters. The van der Waals surface area contributed by atoms with Crippen molar-refractivity contribution in [3.05, 3.63) is 459 Å². The van der Waals surface area contributed by atoms with Crippen molar-refractivity contribution in [3.8, 4) is 78.8 Å². The number of hydrogen-bond donors (Lipinski definition) is 0. The van der Waals surface area contributed by atoms with Crippen LogP contribution in [0.1, 0.15) is 247 Å². The Balaban J connectivity index is 0.000000102. The van der Waals surface area contributed by atoms with Gasteiger partial charge in [0.05, 0.1) is 78.5 Å². The number of aryl methyl sites for hydroxylation is 7. The number of aromatic nitrogens is 7. The van der Waals surface area contributed by atoms with Gasteiger partial charge < -0.3 is 0 Å². The van der Waals surface area contributed by atoms with Crippen LogP contribution in [-0.2, 0) is 28.1 Å². The summed E-state index contributed by atoms with van der Waals surface area (Å²) in [6, 6.07) is 131. The number of fused-ring (bicyclic) bond motifs is 18. The van der Waals surface area contributed by atoms with Crippen LogP contribution in [-0.4, -0.2) is 34.9 Å². The van der Waals surface area contributed by atoms with E-state index in [0.717, 1.165) is 97.7 Å². The summed E-state index contributed by atoms with van der Waals surface area (Å²) in [5, 5.41) is 8.99. The summed E-state index contributed by atoms with van der Waals surface area (Å²) in [5.74, 6) is 3.62. The highest BCUT2D eigenvalue weighted by atomic mass is 14.8. The van der Waals surface area contributed by atoms with Crippen molar-refractivity contribution >= 4 is 76.3 Å². The van der Waals surface area contributed by atoms with E-state index in [2.05, 4.69) is 483 Å². The first kappa shape index (κ1) is 101. The van der Waals surface area contributed by atoms with E-state index in [-0.39, 0.29) is 27.1 Å². The van der Waals surface area contributed by atoms with Gasteiger partial charge in [-0.3, -0.25) is 0 Å². The minimum Gasteiger partial charge on any atom is -0.248 e. The number of rotatable bonds is 9. The van der Waals surface area contributed by atoms with Crippen molar-refractivity contribution in [3.63, 3.8) is 0 Å². The second kappa shape index (κ2) is 41.5. The smallest absolute Gasteiger partial charge is 0.0750 e. The summed E-state index contributed by atoms with van der Waals surface area (Å²) in [4.78, 5) is 34.5. The molecule has 748 valence electrons. The minimum absolute atomic E-state index is 0.124. The molecule has 7 heteroatoms. The molecule has 2 saturated carbocycles. The number of para-hydroxylation sites is 6. The number of hydrogen-bond acceptors (Lipinski definition) is 7. The Labute approximate surface area is 888 Å². The van der Waals surface area contributed by atoms with Gasteiger partial charge in [0.2, 0.25) is 0 Å². The van der Waals surface area contributed by atoms with Crippen LogP contribution in [0.25, 0.3) is 155 Å². The second-order valence-corrected chi connectivity index (χ2v) is 46.8. The maximum atomic E-state index is 5.08. The zero-order valence-electron chi connectivity index (χ0n) is 91.1. The maximum Gasteiger partial charge on any atom is 0.0750 e. The van der Waals surface area contributed by atoms with E-state index >= 15 is 0 Å². The molecule has 7 aliphatic carbocycles. The van der Waals surface area contributed by atoms with Gasteiger partial charge in [-0.25, -0.2) is 34.9 Å². The van der Waals surface area contributed by atoms with E-state index in [4.69, 9.17) is 34.9 Å². The van der Waals surface area contributed by atoms with Crippen LogP contribution >= 0.6 is 0 Å². The highest BCUT2D eigenvalue weighted by Gasteiger charge is 2.57. The molecular weight excluding hydrogens is 1820 g/mol. The monoisotopic (exact) mass is 1960 g/mol. The molecule has 7 aliphatic rings. The first-order valence-corrected chi connectivity index (χ1v) is 54.6. The predicted molar refractivity (Wildman–Crippen MR) is 636 cm³/mol. The van der Waals surface area contributed by atoms with Crippen molar-refractivity contribution < 1.29 is 0 Å². The molecule has 14 aromatic carbocycles. The Bertz CT molecular complexity index is 8590. The molecule has 28 rings (SSSR count). The Morgan fingerprint density at radius 2 is 0.593 bits per heavy atom. The largest absolute Gasteiger partial charge is 0.248 e. The van der Waals surface area contributed by atoms with Crippen molar-refractivity contribution in [1.29, 1.82) is 0 Å². The summed E-state index contributed by atoms with van der Waals surface area (Å²) in [5.41, 5.74) is 47.5. The van der Waals surface area contributed by atoms with Crippen LogP contribution in [0, 0.1) is 59.8 Å². The standard InChI is InChI=1S/C24H27N.C22H23N.C21H19N.C21H23N.C20H17N.C18H17N.C17H15N/c1-22(2)18-13-11-17(15-19(18)23(3,4)24(22,5)6)21-14-12-16-9-7-8-10-20(16)25-21;1-21(2)14-22(3,4)19-18(21)16-12-8-9-13-17(16)23-20(19)15-10-6-5-7-11-15;1-2-6-16(7-3-1)21-20-15-12-10-14(11-13-15)19(20)17-8-4-5-9-18(17)22-21;1-14(2)10-17-6-5-7-21-19(17)8-9-20(22-21)18-12-15(3)11-16(4)13-18;1-2-6-13(7-3-1)20-19-15-11-10-14(12-15)18(19)16-8-4-5-9-17(16)21-20;1-12-8-13(2)10-15(9-12)18-11-14(3)16-6-4-5-7-17(16)19-18;1-12-9-13(2)11-15(10-12)17-8-7-14-5-3-4-6-16(14)18-17/h7-15H,1-6H3;5-13H,14H2,1-4H3;1-9,14-15H,10-13H2;5-9,11-14H,10H2,1-4H3;1-9,14-15H,10-12H2;4-11H,1-3H3;3-11H,1-2H3. The molecule has 21 aromatic rings. The van der Waals surface area contributed by atoms with Gasteiger partial charge in [0.25, 0.3) is 0 Å². The lowest BCUT2D eigenvalue weighted by Gasteiger charge is -2.44. The molecule has 0 aliphatic heterocycles. The number of nitrogens with zero attached hydrogens (tertiary/aromatic N) is 7. The average Bonchev–Trinajstić information content (AvgIpc) is 1.54. The summed E-state index contributed by atoms with van der Waals surface area (Å²) >= 11 is 0. The third-order valence-electron chi connectivity index (χ3n) is 33.9. The highest BCUT2D eigenvalue weighted by Crippen LogP contribution is 2.63. The van der Waals surface area contributed by atoms with Gasteiger partial charge in [0.15, 0.2) is 0 Å². The quantitative estimate of drug-likeness (QED) is 0.142. The molecule has 0 spiro atoms. The summed E-state index contributed by atoms with van der Waals surface area (Å²) < 4.78 is 0. The lowest BCUT2D eigenvalue weighted by Crippen LogP contribution is -2.42. The fourth-order valence-corrected chi connectivity index (χ4v) is 26.2. The van der Waals surface area contributed by atoms with Crippen LogP contribution in [0.3, 0.4) is 0 Å². The normalized spacial score (nSPS) is 16.9. The highest BCUT2D eigenvalue weighted by molar-refractivity contribution is 5.94. The molecule has 2 atom stereocenters. The van der Waals surface area contributed by atoms with E-state index in [1.165, 1.54) is 200 Å². The molecule has 4 bridgehead atoms. The van der Waals surface area contributed by atoms with Crippen molar-refractivity contribution in [2.45, 2.75) is 235 Å². The lowest BCUT2D eigenvalue weighted by molar-refractivity contribution is 0.125. The Hall–Kier alpha value is -15.1. The third kappa shape index (κ3) is 20.0. The molecule has 0 amide bonds. The van der Waals surface area contributed by atoms with Crippen LogP contribution < -0.4 is 0 Å². The van der Waals surface area contributed by atoms with Gasteiger partial charge in [0, 0.05) is 76.6 Å². The zero-order valence-corrected chi connectivity index (χ0v) is 91.1. The van der Waals surface area contributed by atoms with Crippen molar-refractivity contribution in [2.75, 3.05) is 0 Å². The molecule has 7 nitrogen and oxygen atoms in total. The third-order valence-corrected chi connectivity index (χ3v) is 33.9. The SMILES string of the molecule is CC1(C)CC(C)(C)c2c1c(-c1ccccc1)nc1ccccc21.CC1(C)c2ccc(-c3ccc4ccccc4n3)cc2C(C)(C)C1(C)C.Cc1cc(C)cc(-c2cc(C)c3ccccc3n2)c1.Cc1cc(C)cc(-c2ccc3c(CC(C)C)cccc3n2)c1.Cc1cc(C)cc(-c2ccc3ccccc3n2)c1.c1ccc(-c2nc3ccccc3c3c2C2CCC3C2)cc1.c1ccc(-c2nc3ccccc3c3c2C2CCC3CC2)cc1. The Morgan fingerprint density at radius 1 is 0.247 bits per heavy atom. The van der Waals surface area contributed by atoms with E-state index in [0.29, 0.717) is 11.8 Å².